The molecule has 6 heteroatoms. The van der Waals surface area contributed by atoms with Gasteiger partial charge in [0.1, 0.15) is 0 Å². The maximum Gasteiger partial charge on any atom is 0.308 e. The molecule has 0 fully saturated rings. The molecule has 0 aliphatic heterocycles. The molecule has 2 rings (SSSR count). The Hall–Kier alpha value is -3.28. The van der Waals surface area contributed by atoms with Crippen molar-refractivity contribution in [3.05, 3.63) is 47.5 Å². The standard InChI is InChI=1S/C20H20O6/c1-13(21)25-17-9-7-15(11-19(17)23-3)5-6-16-8-10-18(26-14(2)22)20(12-16)24-4/h5-12H,1-4H3/b6-5+. The number of hydrogen-bond acceptors (Lipinski definition) is 6. The van der Waals surface area contributed by atoms with Gasteiger partial charge in [-0.1, -0.05) is 24.3 Å². The highest BCUT2D eigenvalue weighted by atomic mass is 16.6. The third kappa shape index (κ3) is 5.11. The van der Waals surface area contributed by atoms with Crippen LogP contribution in [0.1, 0.15) is 25.0 Å². The molecule has 0 atom stereocenters. The van der Waals surface area contributed by atoms with Crippen molar-refractivity contribution in [2.24, 2.45) is 0 Å². The van der Waals surface area contributed by atoms with Crippen molar-refractivity contribution in [2.45, 2.75) is 13.8 Å². The van der Waals surface area contributed by atoms with Crippen LogP contribution in [-0.2, 0) is 9.59 Å². The largest absolute Gasteiger partial charge is 0.493 e. The molecule has 0 N–H and O–H groups in total. The predicted octanol–water partition coefficient (Wildman–Crippen LogP) is 3.72. The molecule has 0 radical (unpaired) electrons. The number of hydrogen-bond donors (Lipinski definition) is 0. The Morgan fingerprint density at radius 3 is 1.38 bits per heavy atom. The normalized spacial score (nSPS) is 10.5. The number of carbonyl (C=O) groups excluding carboxylic acids is 2. The molecule has 0 bridgehead atoms. The first-order chi connectivity index (χ1) is 12.4. The van der Waals surface area contributed by atoms with E-state index < -0.39 is 11.9 Å². The summed E-state index contributed by atoms with van der Waals surface area (Å²) in [4.78, 5) is 22.2. The van der Waals surface area contributed by atoms with Gasteiger partial charge in [-0.25, -0.2) is 0 Å². The lowest BCUT2D eigenvalue weighted by molar-refractivity contribution is -0.132. The van der Waals surface area contributed by atoms with Crippen LogP contribution in [0.25, 0.3) is 12.2 Å². The first-order valence-corrected chi connectivity index (χ1v) is 7.84. The molecule has 2 aromatic rings. The average Bonchev–Trinajstić information content (AvgIpc) is 2.60. The lowest BCUT2D eigenvalue weighted by atomic mass is 10.1. The van der Waals surface area contributed by atoms with Gasteiger partial charge >= 0.3 is 11.9 Å². The molecule has 0 aliphatic rings. The molecular weight excluding hydrogens is 336 g/mol. The van der Waals surface area contributed by atoms with Gasteiger partial charge in [-0.15, -0.1) is 0 Å². The van der Waals surface area contributed by atoms with Crippen LogP contribution in [0.2, 0.25) is 0 Å². The van der Waals surface area contributed by atoms with Crippen molar-refractivity contribution in [1.82, 2.24) is 0 Å². The zero-order valence-electron chi connectivity index (χ0n) is 15.1. The minimum atomic E-state index is -0.411. The van der Waals surface area contributed by atoms with E-state index in [9.17, 15) is 9.59 Å². The fraction of sp³-hybridized carbons (Fsp3) is 0.200. The molecule has 0 spiro atoms. The minimum Gasteiger partial charge on any atom is -0.493 e. The second-order valence-corrected chi connectivity index (χ2v) is 5.34. The Kier molecular flexibility index (Phi) is 6.38. The monoisotopic (exact) mass is 356 g/mol. The van der Waals surface area contributed by atoms with Crippen LogP contribution in [0.3, 0.4) is 0 Å². The van der Waals surface area contributed by atoms with E-state index in [1.54, 1.807) is 24.3 Å². The van der Waals surface area contributed by atoms with Crippen molar-refractivity contribution < 1.29 is 28.5 Å². The molecule has 2 aromatic carbocycles. The summed E-state index contributed by atoms with van der Waals surface area (Å²) in [6.07, 6.45) is 3.75. The maximum absolute atomic E-state index is 11.1. The second kappa shape index (κ2) is 8.71. The molecule has 0 unspecified atom stereocenters. The molecule has 136 valence electrons. The molecule has 0 saturated carbocycles. The molecule has 0 amide bonds. The molecule has 0 heterocycles. The van der Waals surface area contributed by atoms with Gasteiger partial charge < -0.3 is 18.9 Å². The lowest BCUT2D eigenvalue weighted by Gasteiger charge is -2.09. The maximum atomic E-state index is 11.1. The number of methoxy groups -OCH3 is 2. The Labute approximate surface area is 151 Å². The van der Waals surface area contributed by atoms with E-state index in [1.165, 1.54) is 28.1 Å². The van der Waals surface area contributed by atoms with Gasteiger partial charge in [0, 0.05) is 13.8 Å². The van der Waals surface area contributed by atoms with Crippen LogP contribution in [-0.4, -0.2) is 26.2 Å². The van der Waals surface area contributed by atoms with Gasteiger partial charge in [0.2, 0.25) is 0 Å². The Morgan fingerprint density at radius 2 is 1.08 bits per heavy atom. The van der Waals surface area contributed by atoms with Crippen LogP contribution in [0.5, 0.6) is 23.0 Å². The summed E-state index contributed by atoms with van der Waals surface area (Å²) in [5, 5.41) is 0. The third-order valence-electron chi connectivity index (χ3n) is 3.35. The number of carbonyl (C=O) groups is 2. The van der Waals surface area contributed by atoms with Crippen LogP contribution < -0.4 is 18.9 Å². The zero-order chi connectivity index (χ0) is 19.1. The fourth-order valence-electron chi connectivity index (χ4n) is 2.25. The van der Waals surface area contributed by atoms with E-state index in [4.69, 9.17) is 18.9 Å². The third-order valence-corrected chi connectivity index (χ3v) is 3.35. The van der Waals surface area contributed by atoms with E-state index in [2.05, 4.69) is 0 Å². The van der Waals surface area contributed by atoms with Crippen LogP contribution in [0, 0.1) is 0 Å². The second-order valence-electron chi connectivity index (χ2n) is 5.34. The van der Waals surface area contributed by atoms with Gasteiger partial charge in [-0.05, 0) is 35.4 Å². The topological polar surface area (TPSA) is 71.1 Å². The highest BCUT2D eigenvalue weighted by Crippen LogP contribution is 2.31. The summed E-state index contributed by atoms with van der Waals surface area (Å²) >= 11 is 0. The van der Waals surface area contributed by atoms with Gasteiger partial charge in [0.15, 0.2) is 23.0 Å². The van der Waals surface area contributed by atoms with E-state index in [1.807, 2.05) is 24.3 Å². The molecule has 6 nitrogen and oxygen atoms in total. The Bertz CT molecular complexity index is 769. The SMILES string of the molecule is COc1cc(/C=C/c2ccc(OC(C)=O)c(OC)c2)ccc1OC(C)=O. The van der Waals surface area contributed by atoms with Crippen LogP contribution in [0.4, 0.5) is 0 Å². The van der Waals surface area contributed by atoms with Crippen molar-refractivity contribution >= 4 is 24.1 Å². The highest BCUT2D eigenvalue weighted by molar-refractivity contribution is 5.75. The molecule has 0 aliphatic carbocycles. The molecule has 0 saturated heterocycles. The summed E-state index contributed by atoms with van der Waals surface area (Å²) in [7, 11) is 3.02. The first kappa shape index (κ1) is 19.1. The van der Waals surface area contributed by atoms with Crippen molar-refractivity contribution in [2.75, 3.05) is 14.2 Å². The first-order valence-electron chi connectivity index (χ1n) is 7.84. The minimum absolute atomic E-state index is 0.365. The molecular formula is C20H20O6. The van der Waals surface area contributed by atoms with Gasteiger partial charge in [0.25, 0.3) is 0 Å². The summed E-state index contributed by atoms with van der Waals surface area (Å²) in [6, 6.07) is 10.5. The van der Waals surface area contributed by atoms with Crippen LogP contribution >= 0.6 is 0 Å². The smallest absolute Gasteiger partial charge is 0.308 e. The number of rotatable bonds is 6. The Balaban J connectivity index is 2.23. The summed E-state index contributed by atoms with van der Waals surface area (Å²) in [5.74, 6) is 0.836. The number of esters is 2. The molecule has 0 aromatic heterocycles. The van der Waals surface area contributed by atoms with Crippen molar-refractivity contribution in [3.63, 3.8) is 0 Å². The van der Waals surface area contributed by atoms with Gasteiger partial charge in [0.05, 0.1) is 14.2 Å². The summed E-state index contributed by atoms with van der Waals surface area (Å²) in [6.45, 7) is 2.67. The van der Waals surface area contributed by atoms with E-state index in [0.29, 0.717) is 23.0 Å². The lowest BCUT2D eigenvalue weighted by Crippen LogP contribution is -2.03. The number of benzene rings is 2. The van der Waals surface area contributed by atoms with Gasteiger partial charge in [-0.2, -0.15) is 0 Å². The van der Waals surface area contributed by atoms with Crippen LogP contribution in [0.15, 0.2) is 36.4 Å². The van der Waals surface area contributed by atoms with E-state index in [-0.39, 0.29) is 0 Å². The van der Waals surface area contributed by atoms with E-state index in [0.717, 1.165) is 11.1 Å². The van der Waals surface area contributed by atoms with Crippen molar-refractivity contribution in [3.8, 4) is 23.0 Å². The van der Waals surface area contributed by atoms with E-state index >= 15 is 0 Å². The molecule has 26 heavy (non-hydrogen) atoms. The van der Waals surface area contributed by atoms with Gasteiger partial charge in [-0.3, -0.25) is 9.59 Å². The van der Waals surface area contributed by atoms with Crippen molar-refractivity contribution in [1.29, 1.82) is 0 Å². The fourth-order valence-corrected chi connectivity index (χ4v) is 2.25. The summed E-state index contributed by atoms with van der Waals surface area (Å²) < 4.78 is 20.7. The predicted molar refractivity (Wildman–Crippen MR) is 97.5 cm³/mol. The summed E-state index contributed by atoms with van der Waals surface area (Å²) in [5.41, 5.74) is 1.72. The number of ether oxygens (including phenoxy) is 4. The quantitative estimate of drug-likeness (QED) is 0.446. The average molecular weight is 356 g/mol. The zero-order valence-corrected chi connectivity index (χ0v) is 15.1. The highest BCUT2D eigenvalue weighted by Gasteiger charge is 2.08. The Morgan fingerprint density at radius 1 is 0.692 bits per heavy atom.